The van der Waals surface area contributed by atoms with Gasteiger partial charge in [0.25, 0.3) is 0 Å². The predicted molar refractivity (Wildman–Crippen MR) is 82.5 cm³/mol. The van der Waals surface area contributed by atoms with Gasteiger partial charge in [0, 0.05) is 26.9 Å². The fourth-order valence-corrected chi connectivity index (χ4v) is 2.47. The Morgan fingerprint density at radius 3 is 2.52 bits per heavy atom. The molecule has 0 spiro atoms. The molecule has 1 unspecified atom stereocenters. The van der Waals surface area contributed by atoms with Crippen molar-refractivity contribution in [1.82, 2.24) is 4.90 Å². The second-order valence-corrected chi connectivity index (χ2v) is 7.00. The molecule has 1 aliphatic heterocycles. The maximum absolute atomic E-state index is 12.1. The van der Waals surface area contributed by atoms with Gasteiger partial charge in [0.1, 0.15) is 5.60 Å². The first-order chi connectivity index (χ1) is 9.76. The molecule has 0 N–H and O–H groups in total. The molecule has 21 heavy (non-hydrogen) atoms. The van der Waals surface area contributed by atoms with E-state index in [2.05, 4.69) is 6.92 Å². The third-order valence-corrected chi connectivity index (χ3v) is 3.50. The summed E-state index contributed by atoms with van der Waals surface area (Å²) in [6, 6.07) is 0. The number of ether oxygens (including phenoxy) is 3. The standard InChI is InChI=1S/C16H31NO4/c1-15(2,3)21-14(18)17-10-8-9-16(4,13-17)20-12-7-6-11-19-5/h6-13H2,1-5H3. The second kappa shape index (κ2) is 7.99. The fourth-order valence-electron chi connectivity index (χ4n) is 2.47. The van der Waals surface area contributed by atoms with Crippen molar-refractivity contribution in [3.63, 3.8) is 0 Å². The number of unbranched alkanes of at least 4 members (excludes halogenated alkanes) is 1. The first kappa shape index (κ1) is 18.2. The Kier molecular flexibility index (Phi) is 6.94. The molecular weight excluding hydrogens is 270 g/mol. The summed E-state index contributed by atoms with van der Waals surface area (Å²) in [7, 11) is 1.71. The number of likely N-dealkylation sites (tertiary alicyclic amines) is 1. The van der Waals surface area contributed by atoms with E-state index in [-0.39, 0.29) is 11.7 Å². The third-order valence-electron chi connectivity index (χ3n) is 3.50. The summed E-state index contributed by atoms with van der Waals surface area (Å²) in [5.41, 5.74) is -0.714. The molecule has 5 heteroatoms. The lowest BCUT2D eigenvalue weighted by atomic mass is 9.95. The minimum atomic E-state index is -0.452. The van der Waals surface area contributed by atoms with Gasteiger partial charge in [-0.25, -0.2) is 4.79 Å². The van der Waals surface area contributed by atoms with Gasteiger partial charge in [-0.1, -0.05) is 0 Å². The highest BCUT2D eigenvalue weighted by molar-refractivity contribution is 5.68. The van der Waals surface area contributed by atoms with Gasteiger partial charge in [-0.2, -0.15) is 0 Å². The van der Waals surface area contributed by atoms with Crippen molar-refractivity contribution in [1.29, 1.82) is 0 Å². The molecule has 124 valence electrons. The fraction of sp³-hybridized carbons (Fsp3) is 0.938. The number of rotatable bonds is 6. The molecular formula is C16H31NO4. The van der Waals surface area contributed by atoms with Gasteiger partial charge in [0.15, 0.2) is 0 Å². The van der Waals surface area contributed by atoms with E-state index in [4.69, 9.17) is 14.2 Å². The lowest BCUT2D eigenvalue weighted by molar-refractivity contribution is -0.0812. The first-order valence-electron chi connectivity index (χ1n) is 7.87. The van der Waals surface area contributed by atoms with E-state index in [0.29, 0.717) is 13.2 Å². The van der Waals surface area contributed by atoms with E-state index in [9.17, 15) is 4.79 Å². The zero-order valence-corrected chi connectivity index (χ0v) is 14.2. The molecule has 1 amide bonds. The molecule has 1 atom stereocenters. The van der Waals surface area contributed by atoms with Crippen LogP contribution in [-0.2, 0) is 14.2 Å². The summed E-state index contributed by atoms with van der Waals surface area (Å²) in [6.07, 6.45) is 3.68. The van der Waals surface area contributed by atoms with Crippen molar-refractivity contribution in [2.45, 2.75) is 64.6 Å². The number of piperidine rings is 1. The molecule has 0 aromatic heterocycles. The highest BCUT2D eigenvalue weighted by Gasteiger charge is 2.35. The lowest BCUT2D eigenvalue weighted by Gasteiger charge is -2.40. The molecule has 1 saturated heterocycles. The molecule has 0 aliphatic carbocycles. The summed E-state index contributed by atoms with van der Waals surface area (Å²) in [5, 5.41) is 0. The van der Waals surface area contributed by atoms with E-state index in [1.54, 1.807) is 12.0 Å². The highest BCUT2D eigenvalue weighted by Crippen LogP contribution is 2.26. The Bertz CT molecular complexity index is 327. The third kappa shape index (κ3) is 7.14. The van der Waals surface area contributed by atoms with Crippen LogP contribution in [0.1, 0.15) is 53.4 Å². The van der Waals surface area contributed by atoms with Crippen molar-refractivity contribution in [2.75, 3.05) is 33.4 Å². The van der Waals surface area contributed by atoms with Crippen molar-refractivity contribution in [2.24, 2.45) is 0 Å². The van der Waals surface area contributed by atoms with Crippen LogP contribution in [0.5, 0.6) is 0 Å². The number of hydrogen-bond donors (Lipinski definition) is 0. The molecule has 1 rings (SSSR count). The number of carbonyl (C=O) groups is 1. The van der Waals surface area contributed by atoms with E-state index in [1.807, 2.05) is 20.8 Å². The zero-order valence-electron chi connectivity index (χ0n) is 14.2. The Morgan fingerprint density at radius 1 is 1.24 bits per heavy atom. The van der Waals surface area contributed by atoms with Crippen molar-refractivity contribution in [3.8, 4) is 0 Å². The van der Waals surface area contributed by atoms with Crippen LogP contribution >= 0.6 is 0 Å². The summed E-state index contributed by atoms with van der Waals surface area (Å²) in [6.45, 7) is 10.6. The topological polar surface area (TPSA) is 48.0 Å². The normalized spacial score (nSPS) is 23.2. The van der Waals surface area contributed by atoms with Crippen LogP contribution in [0.15, 0.2) is 0 Å². The quantitative estimate of drug-likeness (QED) is 0.707. The van der Waals surface area contributed by atoms with Crippen LogP contribution in [0.3, 0.4) is 0 Å². The van der Waals surface area contributed by atoms with Gasteiger partial charge >= 0.3 is 6.09 Å². The number of methoxy groups -OCH3 is 1. The smallest absolute Gasteiger partial charge is 0.410 e. The number of carbonyl (C=O) groups excluding carboxylic acids is 1. The predicted octanol–water partition coefficient (Wildman–Crippen LogP) is 3.22. The number of nitrogens with zero attached hydrogens (tertiary/aromatic N) is 1. The van der Waals surface area contributed by atoms with Crippen molar-refractivity contribution >= 4 is 6.09 Å². The monoisotopic (exact) mass is 301 g/mol. The van der Waals surface area contributed by atoms with E-state index >= 15 is 0 Å². The van der Waals surface area contributed by atoms with Gasteiger partial charge < -0.3 is 19.1 Å². The summed E-state index contributed by atoms with van der Waals surface area (Å²) >= 11 is 0. The van der Waals surface area contributed by atoms with Crippen molar-refractivity contribution < 1.29 is 19.0 Å². The highest BCUT2D eigenvalue weighted by atomic mass is 16.6. The van der Waals surface area contributed by atoms with Crippen LogP contribution in [0.25, 0.3) is 0 Å². The van der Waals surface area contributed by atoms with Crippen molar-refractivity contribution in [3.05, 3.63) is 0 Å². The van der Waals surface area contributed by atoms with Gasteiger partial charge in [0.05, 0.1) is 12.1 Å². The Balaban J connectivity index is 2.41. The number of amides is 1. The van der Waals surface area contributed by atoms with Crippen LogP contribution in [-0.4, -0.2) is 55.6 Å². The van der Waals surface area contributed by atoms with Crippen LogP contribution in [0, 0.1) is 0 Å². The molecule has 1 heterocycles. The van der Waals surface area contributed by atoms with E-state index in [0.717, 1.165) is 38.8 Å². The zero-order chi connectivity index (χ0) is 15.9. The van der Waals surface area contributed by atoms with Crippen LogP contribution < -0.4 is 0 Å². The molecule has 0 aromatic carbocycles. The summed E-state index contributed by atoms with van der Waals surface area (Å²) < 4.78 is 16.5. The second-order valence-electron chi connectivity index (χ2n) is 7.00. The first-order valence-corrected chi connectivity index (χ1v) is 7.87. The van der Waals surface area contributed by atoms with Gasteiger partial charge in [-0.05, 0) is 53.4 Å². The molecule has 0 bridgehead atoms. The molecule has 0 radical (unpaired) electrons. The van der Waals surface area contributed by atoms with Gasteiger partial charge in [-0.3, -0.25) is 0 Å². The van der Waals surface area contributed by atoms with Crippen LogP contribution in [0.4, 0.5) is 4.79 Å². The average Bonchev–Trinajstić information content (AvgIpc) is 2.36. The molecule has 1 fully saturated rings. The Hall–Kier alpha value is -0.810. The van der Waals surface area contributed by atoms with E-state index < -0.39 is 5.60 Å². The molecule has 5 nitrogen and oxygen atoms in total. The number of hydrogen-bond acceptors (Lipinski definition) is 4. The summed E-state index contributed by atoms with van der Waals surface area (Å²) in [4.78, 5) is 13.9. The lowest BCUT2D eigenvalue weighted by Crippen LogP contribution is -2.51. The largest absolute Gasteiger partial charge is 0.444 e. The maximum Gasteiger partial charge on any atom is 0.410 e. The van der Waals surface area contributed by atoms with Gasteiger partial charge in [0.2, 0.25) is 0 Å². The molecule has 0 aromatic rings. The van der Waals surface area contributed by atoms with Gasteiger partial charge in [-0.15, -0.1) is 0 Å². The average molecular weight is 301 g/mol. The summed E-state index contributed by atoms with van der Waals surface area (Å²) in [5.74, 6) is 0. The van der Waals surface area contributed by atoms with Crippen LogP contribution in [0.2, 0.25) is 0 Å². The van der Waals surface area contributed by atoms with E-state index in [1.165, 1.54) is 0 Å². The Morgan fingerprint density at radius 2 is 1.90 bits per heavy atom. The minimum absolute atomic E-state index is 0.239. The molecule has 0 saturated carbocycles. The minimum Gasteiger partial charge on any atom is -0.444 e. The Labute approximate surface area is 128 Å². The SMILES string of the molecule is COCCCCOC1(C)CCCN(C(=O)OC(C)(C)C)C1. The molecule has 1 aliphatic rings. The maximum atomic E-state index is 12.1.